The second-order valence-corrected chi connectivity index (χ2v) is 7.71. The first-order valence-electron chi connectivity index (χ1n) is 8.91. The van der Waals surface area contributed by atoms with Crippen LogP contribution in [0.25, 0.3) is 0 Å². The van der Waals surface area contributed by atoms with E-state index in [9.17, 15) is 9.59 Å². The Morgan fingerprint density at radius 1 is 1.19 bits per heavy atom. The standard InChI is InChI=1S/C19H24N4O2S/c1-13(2)17(22-18(24)15-6-5-11-26-15)19(25)21-14-7-8-16(20-12-14)23-9-3-4-10-23/h5-8,11-13,17H,3-4,9-10H2,1-2H3,(H,21,25)(H,22,24). The second kappa shape index (κ2) is 8.31. The number of nitrogens with zero attached hydrogens (tertiary/aromatic N) is 2. The first kappa shape index (κ1) is 18.4. The fourth-order valence-corrected chi connectivity index (χ4v) is 3.60. The summed E-state index contributed by atoms with van der Waals surface area (Å²) in [5.41, 5.74) is 0.633. The van der Waals surface area contributed by atoms with Gasteiger partial charge in [-0.2, -0.15) is 0 Å². The summed E-state index contributed by atoms with van der Waals surface area (Å²) in [7, 11) is 0. The largest absolute Gasteiger partial charge is 0.357 e. The lowest BCUT2D eigenvalue weighted by Crippen LogP contribution is -2.46. The minimum Gasteiger partial charge on any atom is -0.357 e. The zero-order valence-corrected chi connectivity index (χ0v) is 15.9. The summed E-state index contributed by atoms with van der Waals surface area (Å²) in [5.74, 6) is 0.444. The van der Waals surface area contributed by atoms with Gasteiger partial charge in [-0.25, -0.2) is 4.98 Å². The number of pyridine rings is 1. The van der Waals surface area contributed by atoms with E-state index >= 15 is 0 Å². The minimum atomic E-state index is -0.608. The number of hydrogen-bond donors (Lipinski definition) is 2. The first-order valence-corrected chi connectivity index (χ1v) is 9.79. The van der Waals surface area contributed by atoms with Crippen molar-refractivity contribution < 1.29 is 9.59 Å². The number of carbonyl (C=O) groups is 2. The molecule has 1 fully saturated rings. The summed E-state index contributed by atoms with van der Waals surface area (Å²) in [6, 6.07) is 6.74. The molecule has 0 aliphatic carbocycles. The summed E-state index contributed by atoms with van der Waals surface area (Å²) < 4.78 is 0. The van der Waals surface area contributed by atoms with E-state index in [1.165, 1.54) is 24.2 Å². The van der Waals surface area contributed by atoms with Crippen molar-refractivity contribution in [1.82, 2.24) is 10.3 Å². The number of aromatic nitrogens is 1. The van der Waals surface area contributed by atoms with E-state index in [0.717, 1.165) is 18.9 Å². The van der Waals surface area contributed by atoms with Gasteiger partial charge in [0.2, 0.25) is 5.91 Å². The van der Waals surface area contributed by atoms with Crippen molar-refractivity contribution >= 4 is 34.7 Å². The molecule has 1 saturated heterocycles. The molecular formula is C19H24N4O2S. The van der Waals surface area contributed by atoms with E-state index in [0.29, 0.717) is 10.6 Å². The molecule has 1 aliphatic rings. The van der Waals surface area contributed by atoms with Crippen LogP contribution in [-0.4, -0.2) is 35.9 Å². The lowest BCUT2D eigenvalue weighted by molar-refractivity contribution is -0.118. The number of nitrogens with one attached hydrogen (secondary N) is 2. The Labute approximate surface area is 157 Å². The highest BCUT2D eigenvalue weighted by Gasteiger charge is 2.25. The predicted molar refractivity (Wildman–Crippen MR) is 105 cm³/mol. The molecule has 2 aromatic heterocycles. The molecule has 1 aliphatic heterocycles. The molecule has 2 amide bonds. The highest BCUT2D eigenvalue weighted by Crippen LogP contribution is 2.19. The number of hydrogen-bond acceptors (Lipinski definition) is 5. The SMILES string of the molecule is CC(C)C(NC(=O)c1cccs1)C(=O)Nc1ccc(N2CCCC2)nc1. The van der Waals surface area contributed by atoms with Crippen molar-refractivity contribution in [2.75, 3.05) is 23.3 Å². The summed E-state index contributed by atoms with van der Waals surface area (Å²) in [6.07, 6.45) is 4.06. The van der Waals surface area contributed by atoms with Crippen LogP contribution in [-0.2, 0) is 4.79 Å². The predicted octanol–water partition coefficient (Wildman–Crippen LogP) is 3.14. The third kappa shape index (κ3) is 4.40. The summed E-state index contributed by atoms with van der Waals surface area (Å²) in [6.45, 7) is 5.88. The van der Waals surface area contributed by atoms with Gasteiger partial charge in [0.05, 0.1) is 16.8 Å². The molecule has 0 bridgehead atoms. The highest BCUT2D eigenvalue weighted by atomic mass is 32.1. The quantitative estimate of drug-likeness (QED) is 0.817. The van der Waals surface area contributed by atoms with Crippen molar-refractivity contribution in [1.29, 1.82) is 0 Å². The van der Waals surface area contributed by atoms with Crippen LogP contribution < -0.4 is 15.5 Å². The van der Waals surface area contributed by atoms with Gasteiger partial charge in [-0.3, -0.25) is 9.59 Å². The maximum atomic E-state index is 12.6. The van der Waals surface area contributed by atoms with Gasteiger partial charge < -0.3 is 15.5 Å². The van der Waals surface area contributed by atoms with E-state index < -0.39 is 6.04 Å². The van der Waals surface area contributed by atoms with Crippen LogP contribution in [0, 0.1) is 5.92 Å². The molecule has 2 N–H and O–H groups in total. The maximum Gasteiger partial charge on any atom is 0.262 e. The van der Waals surface area contributed by atoms with Gasteiger partial charge in [0.15, 0.2) is 0 Å². The van der Waals surface area contributed by atoms with Gasteiger partial charge in [0, 0.05) is 13.1 Å². The van der Waals surface area contributed by atoms with Crippen molar-refractivity contribution in [3.8, 4) is 0 Å². The topological polar surface area (TPSA) is 74.3 Å². The Balaban J connectivity index is 1.63. The lowest BCUT2D eigenvalue weighted by Gasteiger charge is -2.22. The molecule has 3 rings (SSSR count). The molecule has 3 heterocycles. The average Bonchev–Trinajstić information content (AvgIpc) is 3.33. The van der Waals surface area contributed by atoms with Crippen LogP contribution in [0.1, 0.15) is 36.4 Å². The van der Waals surface area contributed by atoms with Gasteiger partial charge in [-0.1, -0.05) is 19.9 Å². The molecule has 138 valence electrons. The normalized spacial score (nSPS) is 15.1. The summed E-state index contributed by atoms with van der Waals surface area (Å²) in [5, 5.41) is 7.53. The summed E-state index contributed by atoms with van der Waals surface area (Å²) >= 11 is 1.36. The second-order valence-electron chi connectivity index (χ2n) is 6.76. The number of anilines is 2. The zero-order chi connectivity index (χ0) is 18.5. The van der Waals surface area contributed by atoms with E-state index in [1.54, 1.807) is 12.3 Å². The smallest absolute Gasteiger partial charge is 0.262 e. The Hall–Kier alpha value is -2.41. The lowest BCUT2D eigenvalue weighted by atomic mass is 10.0. The molecular weight excluding hydrogens is 348 g/mol. The first-order chi connectivity index (χ1) is 12.5. The fourth-order valence-electron chi connectivity index (χ4n) is 2.97. The van der Waals surface area contributed by atoms with Gasteiger partial charge in [-0.15, -0.1) is 11.3 Å². The molecule has 0 spiro atoms. The molecule has 7 heteroatoms. The molecule has 1 atom stereocenters. The van der Waals surface area contributed by atoms with Crippen LogP contribution in [0.3, 0.4) is 0 Å². The van der Waals surface area contributed by atoms with Crippen LogP contribution >= 0.6 is 11.3 Å². The van der Waals surface area contributed by atoms with E-state index in [1.807, 2.05) is 37.4 Å². The number of amides is 2. The molecule has 0 radical (unpaired) electrons. The Bertz CT molecular complexity index is 737. The number of carbonyl (C=O) groups excluding carboxylic acids is 2. The fraction of sp³-hybridized carbons (Fsp3) is 0.421. The van der Waals surface area contributed by atoms with E-state index in [-0.39, 0.29) is 17.7 Å². The van der Waals surface area contributed by atoms with Crippen LogP contribution in [0.15, 0.2) is 35.8 Å². The summed E-state index contributed by atoms with van der Waals surface area (Å²) in [4.78, 5) is 32.2. The van der Waals surface area contributed by atoms with Crippen molar-refractivity contribution in [3.63, 3.8) is 0 Å². The molecule has 0 saturated carbocycles. The zero-order valence-electron chi connectivity index (χ0n) is 15.1. The van der Waals surface area contributed by atoms with Gasteiger partial charge >= 0.3 is 0 Å². The van der Waals surface area contributed by atoms with E-state index in [2.05, 4.69) is 20.5 Å². The maximum absolute atomic E-state index is 12.6. The average molecular weight is 372 g/mol. The van der Waals surface area contributed by atoms with Crippen molar-refractivity contribution in [2.45, 2.75) is 32.7 Å². The molecule has 0 aromatic carbocycles. The number of rotatable bonds is 6. The number of thiophene rings is 1. The molecule has 26 heavy (non-hydrogen) atoms. The Morgan fingerprint density at radius 2 is 1.96 bits per heavy atom. The Kier molecular flexibility index (Phi) is 5.88. The molecule has 6 nitrogen and oxygen atoms in total. The highest BCUT2D eigenvalue weighted by molar-refractivity contribution is 7.12. The van der Waals surface area contributed by atoms with Crippen LogP contribution in [0.5, 0.6) is 0 Å². The third-order valence-corrected chi connectivity index (χ3v) is 5.29. The molecule has 2 aromatic rings. The van der Waals surface area contributed by atoms with Crippen molar-refractivity contribution in [2.24, 2.45) is 5.92 Å². The van der Waals surface area contributed by atoms with Gasteiger partial charge in [0.25, 0.3) is 5.91 Å². The Morgan fingerprint density at radius 3 is 2.54 bits per heavy atom. The van der Waals surface area contributed by atoms with Crippen LogP contribution in [0.2, 0.25) is 0 Å². The molecule has 1 unspecified atom stereocenters. The van der Waals surface area contributed by atoms with E-state index in [4.69, 9.17) is 0 Å². The monoisotopic (exact) mass is 372 g/mol. The van der Waals surface area contributed by atoms with Crippen molar-refractivity contribution in [3.05, 3.63) is 40.7 Å². The van der Waals surface area contributed by atoms with Gasteiger partial charge in [0.1, 0.15) is 11.9 Å². The van der Waals surface area contributed by atoms with Gasteiger partial charge in [-0.05, 0) is 42.3 Å². The minimum absolute atomic E-state index is 0.0317. The van der Waals surface area contributed by atoms with Crippen LogP contribution in [0.4, 0.5) is 11.5 Å². The third-order valence-electron chi connectivity index (χ3n) is 4.43.